The van der Waals surface area contributed by atoms with Crippen molar-refractivity contribution < 1.29 is 28.3 Å². The zero-order chi connectivity index (χ0) is 19.8. The summed E-state index contributed by atoms with van der Waals surface area (Å²) in [6, 6.07) is 9.07. The second kappa shape index (κ2) is 9.33. The smallest absolute Gasteiger partial charge is 0.374 e. The van der Waals surface area contributed by atoms with Gasteiger partial charge in [-0.25, -0.2) is 9.59 Å². The van der Waals surface area contributed by atoms with E-state index in [4.69, 9.17) is 9.15 Å². The molecule has 1 aromatic carbocycles. The van der Waals surface area contributed by atoms with E-state index in [1.165, 1.54) is 13.0 Å². The van der Waals surface area contributed by atoms with Crippen molar-refractivity contribution >= 4 is 23.7 Å². The lowest BCUT2D eigenvalue weighted by molar-refractivity contribution is -0.123. The molecule has 1 aromatic heterocycles. The molecule has 0 aliphatic rings. The summed E-state index contributed by atoms with van der Waals surface area (Å²) in [7, 11) is 0. The second-order valence-corrected chi connectivity index (χ2v) is 5.68. The van der Waals surface area contributed by atoms with Gasteiger partial charge in [-0.2, -0.15) is 0 Å². The van der Waals surface area contributed by atoms with Crippen LogP contribution in [0.3, 0.4) is 0 Å². The summed E-state index contributed by atoms with van der Waals surface area (Å²) in [4.78, 5) is 46.1. The molecule has 3 amide bonds. The Morgan fingerprint density at radius 2 is 1.74 bits per heavy atom. The Labute approximate surface area is 155 Å². The van der Waals surface area contributed by atoms with Crippen molar-refractivity contribution in [1.82, 2.24) is 10.6 Å². The van der Waals surface area contributed by atoms with Crippen LogP contribution in [0.4, 0.5) is 4.79 Å². The molecule has 0 spiro atoms. The quantitative estimate of drug-likeness (QED) is 0.570. The Balaban J connectivity index is 1.90. The van der Waals surface area contributed by atoms with Crippen LogP contribution in [0, 0.1) is 0 Å². The lowest BCUT2D eigenvalue weighted by atomic mass is 10.1. The fourth-order valence-corrected chi connectivity index (χ4v) is 2.12. The van der Waals surface area contributed by atoms with Gasteiger partial charge in [-0.15, -0.1) is 0 Å². The summed E-state index contributed by atoms with van der Waals surface area (Å²) >= 11 is 0. The van der Waals surface area contributed by atoms with Gasteiger partial charge in [-0.05, 0) is 25.5 Å². The van der Waals surface area contributed by atoms with Crippen LogP contribution in [-0.4, -0.2) is 36.8 Å². The van der Waals surface area contributed by atoms with Crippen LogP contribution in [0.1, 0.15) is 41.2 Å². The number of hydrogen-bond acceptors (Lipinski definition) is 6. The molecule has 0 fully saturated rings. The fourth-order valence-electron chi connectivity index (χ4n) is 2.12. The van der Waals surface area contributed by atoms with E-state index in [0.29, 0.717) is 23.4 Å². The predicted molar refractivity (Wildman–Crippen MR) is 96.3 cm³/mol. The molecule has 0 aliphatic heterocycles. The average molecular weight is 372 g/mol. The molecule has 0 radical (unpaired) electrons. The van der Waals surface area contributed by atoms with E-state index in [1.807, 2.05) is 12.2 Å². The maximum Gasteiger partial charge on any atom is 0.374 e. The third kappa shape index (κ3) is 5.81. The van der Waals surface area contributed by atoms with Crippen molar-refractivity contribution in [3.05, 3.63) is 47.7 Å². The van der Waals surface area contributed by atoms with Gasteiger partial charge >= 0.3 is 12.0 Å². The highest BCUT2D eigenvalue weighted by atomic mass is 16.5. The van der Waals surface area contributed by atoms with Gasteiger partial charge in [0.15, 0.2) is 12.4 Å². The molecule has 2 N–H and O–H groups in total. The molecule has 2 aromatic rings. The molecule has 0 aliphatic carbocycles. The summed E-state index contributed by atoms with van der Waals surface area (Å²) in [5, 5.41) is 4.51. The summed E-state index contributed by atoms with van der Waals surface area (Å²) in [5.41, 5.74) is 1.25. The number of carbonyl (C=O) groups is 4. The zero-order valence-electron chi connectivity index (χ0n) is 15.0. The topological polar surface area (TPSA) is 115 Å². The van der Waals surface area contributed by atoms with Gasteiger partial charge in [0.05, 0.1) is 0 Å². The second-order valence-electron chi connectivity index (χ2n) is 5.68. The van der Waals surface area contributed by atoms with Crippen LogP contribution in [0.15, 0.2) is 40.8 Å². The number of urea groups is 1. The average Bonchev–Trinajstić information content (AvgIpc) is 3.14. The largest absolute Gasteiger partial charge is 0.450 e. The Hall–Kier alpha value is -3.42. The van der Waals surface area contributed by atoms with Gasteiger partial charge in [-0.3, -0.25) is 14.9 Å². The van der Waals surface area contributed by atoms with Gasteiger partial charge in [0, 0.05) is 17.7 Å². The first kappa shape index (κ1) is 19.9. The molecular weight excluding hydrogens is 352 g/mol. The van der Waals surface area contributed by atoms with Gasteiger partial charge in [0.2, 0.25) is 5.76 Å². The van der Waals surface area contributed by atoms with Crippen LogP contribution in [-0.2, 0) is 9.53 Å². The number of imide groups is 1. The number of Topliss-reactive ketones (excluding diaryl/α,β-unsaturated/α-hetero) is 1. The third-order valence-electron chi connectivity index (χ3n) is 3.51. The van der Waals surface area contributed by atoms with Crippen molar-refractivity contribution in [2.24, 2.45) is 0 Å². The highest BCUT2D eigenvalue weighted by Crippen LogP contribution is 2.23. The number of ether oxygens (including phenoxy) is 1. The maximum absolute atomic E-state index is 12.0. The van der Waals surface area contributed by atoms with Crippen LogP contribution in [0.25, 0.3) is 11.3 Å². The number of esters is 1. The Morgan fingerprint density at radius 3 is 2.37 bits per heavy atom. The van der Waals surface area contributed by atoms with Crippen molar-refractivity contribution in [3.63, 3.8) is 0 Å². The molecular formula is C19H20N2O6. The van der Waals surface area contributed by atoms with E-state index in [0.717, 1.165) is 6.42 Å². The molecule has 0 bridgehead atoms. The minimum Gasteiger partial charge on any atom is -0.450 e. The van der Waals surface area contributed by atoms with Gasteiger partial charge in [0.1, 0.15) is 5.76 Å². The first-order valence-corrected chi connectivity index (χ1v) is 8.36. The first-order valence-electron chi connectivity index (χ1n) is 8.36. The molecule has 27 heavy (non-hydrogen) atoms. The van der Waals surface area contributed by atoms with Crippen LogP contribution in [0.5, 0.6) is 0 Å². The van der Waals surface area contributed by atoms with E-state index in [2.05, 4.69) is 5.32 Å². The number of amides is 3. The van der Waals surface area contributed by atoms with E-state index in [-0.39, 0.29) is 11.5 Å². The lowest BCUT2D eigenvalue weighted by Gasteiger charge is -2.05. The van der Waals surface area contributed by atoms with Crippen molar-refractivity contribution in [2.75, 3.05) is 13.2 Å². The molecule has 1 heterocycles. The number of hydrogen-bond donors (Lipinski definition) is 2. The molecule has 2 rings (SSSR count). The van der Waals surface area contributed by atoms with Crippen molar-refractivity contribution in [2.45, 2.75) is 20.3 Å². The van der Waals surface area contributed by atoms with Gasteiger partial charge < -0.3 is 14.5 Å². The number of carbonyl (C=O) groups excluding carboxylic acids is 4. The van der Waals surface area contributed by atoms with E-state index < -0.39 is 24.5 Å². The molecule has 8 heteroatoms. The summed E-state index contributed by atoms with van der Waals surface area (Å²) < 4.78 is 10.3. The summed E-state index contributed by atoms with van der Waals surface area (Å²) in [5.74, 6) is -1.29. The van der Waals surface area contributed by atoms with Crippen LogP contribution in [0.2, 0.25) is 0 Å². The SMILES string of the molecule is CCCNC(=O)NC(=O)COC(=O)c1ccc(-c2ccc(C(C)=O)cc2)o1. The molecule has 0 atom stereocenters. The number of furan rings is 1. The predicted octanol–water partition coefficient (Wildman–Crippen LogP) is 2.54. The van der Waals surface area contributed by atoms with E-state index in [1.54, 1.807) is 30.3 Å². The highest BCUT2D eigenvalue weighted by molar-refractivity contribution is 5.96. The Kier molecular flexibility index (Phi) is 6.87. The lowest BCUT2D eigenvalue weighted by Crippen LogP contribution is -2.41. The van der Waals surface area contributed by atoms with Gasteiger partial charge in [-0.1, -0.05) is 31.2 Å². The molecule has 142 valence electrons. The monoisotopic (exact) mass is 372 g/mol. The number of nitrogens with one attached hydrogen (secondary N) is 2. The third-order valence-corrected chi connectivity index (χ3v) is 3.51. The minimum atomic E-state index is -0.828. The summed E-state index contributed by atoms with van der Waals surface area (Å²) in [6.45, 7) is 3.17. The summed E-state index contributed by atoms with van der Waals surface area (Å²) in [6.07, 6.45) is 0.731. The van der Waals surface area contributed by atoms with E-state index >= 15 is 0 Å². The van der Waals surface area contributed by atoms with E-state index in [9.17, 15) is 19.2 Å². The molecule has 0 unspecified atom stereocenters. The van der Waals surface area contributed by atoms with Crippen molar-refractivity contribution in [1.29, 1.82) is 0 Å². The maximum atomic E-state index is 12.0. The zero-order valence-corrected chi connectivity index (χ0v) is 15.0. The number of benzene rings is 1. The Bertz CT molecular complexity index is 838. The number of ketones is 1. The minimum absolute atomic E-state index is 0.0492. The molecule has 0 saturated heterocycles. The van der Waals surface area contributed by atoms with Crippen molar-refractivity contribution in [3.8, 4) is 11.3 Å². The molecule has 0 saturated carbocycles. The molecule has 8 nitrogen and oxygen atoms in total. The fraction of sp³-hybridized carbons (Fsp3) is 0.263. The highest BCUT2D eigenvalue weighted by Gasteiger charge is 2.16. The Morgan fingerprint density at radius 1 is 1.04 bits per heavy atom. The van der Waals surface area contributed by atoms with Gasteiger partial charge in [0.25, 0.3) is 5.91 Å². The number of rotatable bonds is 7. The first-order chi connectivity index (χ1) is 12.9. The van der Waals surface area contributed by atoms with Crippen LogP contribution < -0.4 is 10.6 Å². The normalized spacial score (nSPS) is 10.1. The standard InChI is InChI=1S/C19H20N2O6/c1-3-10-20-19(25)21-17(23)11-26-18(24)16-9-8-15(27-16)14-6-4-13(5-7-14)12(2)22/h4-9H,3,10-11H2,1-2H3,(H2,20,21,23,25). The van der Waals surface area contributed by atoms with Crippen LogP contribution >= 0.6 is 0 Å².